The number of hydrazone groups is 1. The molecule has 0 radical (unpaired) electrons. The normalized spacial score (nSPS) is 11.6. The van der Waals surface area contributed by atoms with Crippen LogP contribution in [0.4, 0.5) is 18.9 Å². The van der Waals surface area contributed by atoms with E-state index >= 15 is 0 Å². The average molecular weight is 308 g/mol. The van der Waals surface area contributed by atoms with Crippen molar-refractivity contribution >= 4 is 11.9 Å². The largest absolute Gasteiger partial charge is 0.494 e. The molecule has 0 aliphatic carbocycles. The minimum Gasteiger partial charge on any atom is -0.494 e. The summed E-state index contributed by atoms with van der Waals surface area (Å²) in [5.74, 6) is 0.755. The van der Waals surface area contributed by atoms with E-state index < -0.39 is 11.7 Å². The molecule has 0 aliphatic rings. The zero-order valence-corrected chi connectivity index (χ0v) is 11.9. The first-order chi connectivity index (χ1) is 10.5. The van der Waals surface area contributed by atoms with E-state index in [1.807, 2.05) is 19.1 Å². The number of halogens is 3. The second kappa shape index (κ2) is 6.98. The summed E-state index contributed by atoms with van der Waals surface area (Å²) in [4.78, 5) is 0. The summed E-state index contributed by atoms with van der Waals surface area (Å²) in [5.41, 5.74) is 2.95. The van der Waals surface area contributed by atoms with Gasteiger partial charge in [0.25, 0.3) is 0 Å². The van der Waals surface area contributed by atoms with Gasteiger partial charge in [-0.25, -0.2) is 0 Å². The third-order valence-electron chi connectivity index (χ3n) is 2.79. The first-order valence-corrected chi connectivity index (χ1v) is 6.68. The molecular weight excluding hydrogens is 293 g/mol. The molecule has 0 heterocycles. The summed E-state index contributed by atoms with van der Waals surface area (Å²) >= 11 is 0. The Morgan fingerprint density at radius 1 is 1.14 bits per heavy atom. The van der Waals surface area contributed by atoms with Crippen LogP contribution in [0.15, 0.2) is 53.6 Å². The lowest BCUT2D eigenvalue weighted by Gasteiger charge is -2.08. The van der Waals surface area contributed by atoms with Crippen LogP contribution in [0.5, 0.6) is 5.75 Å². The SMILES string of the molecule is CCOc1ccc(C=NNc2cccc(C(F)(F)F)c2)cc1. The highest BCUT2D eigenvalue weighted by atomic mass is 19.4. The summed E-state index contributed by atoms with van der Waals surface area (Å²) in [6, 6.07) is 12.1. The Morgan fingerprint density at radius 3 is 2.50 bits per heavy atom. The molecule has 0 atom stereocenters. The van der Waals surface area contributed by atoms with Crippen LogP contribution in [-0.2, 0) is 6.18 Å². The van der Waals surface area contributed by atoms with Crippen LogP contribution in [-0.4, -0.2) is 12.8 Å². The number of anilines is 1. The van der Waals surface area contributed by atoms with E-state index in [9.17, 15) is 13.2 Å². The number of hydrogen-bond acceptors (Lipinski definition) is 3. The minimum atomic E-state index is -4.36. The number of rotatable bonds is 5. The predicted molar refractivity (Wildman–Crippen MR) is 80.3 cm³/mol. The number of nitrogens with zero attached hydrogens (tertiary/aromatic N) is 1. The molecule has 0 amide bonds. The van der Waals surface area contributed by atoms with Crippen LogP contribution in [0, 0.1) is 0 Å². The van der Waals surface area contributed by atoms with Crippen molar-refractivity contribution in [1.82, 2.24) is 0 Å². The molecule has 0 spiro atoms. The van der Waals surface area contributed by atoms with Gasteiger partial charge in [0.15, 0.2) is 0 Å². The number of ether oxygens (including phenoxy) is 1. The highest BCUT2D eigenvalue weighted by Gasteiger charge is 2.30. The lowest BCUT2D eigenvalue weighted by Crippen LogP contribution is -2.05. The van der Waals surface area contributed by atoms with E-state index in [-0.39, 0.29) is 5.69 Å². The van der Waals surface area contributed by atoms with Gasteiger partial charge in [-0.15, -0.1) is 0 Å². The van der Waals surface area contributed by atoms with Crippen LogP contribution in [0.2, 0.25) is 0 Å². The molecule has 0 bridgehead atoms. The molecule has 0 saturated heterocycles. The number of benzene rings is 2. The Labute approximate surface area is 126 Å². The van der Waals surface area contributed by atoms with Gasteiger partial charge in [0.05, 0.1) is 24.1 Å². The minimum absolute atomic E-state index is 0.275. The fourth-order valence-electron chi connectivity index (χ4n) is 1.76. The van der Waals surface area contributed by atoms with E-state index in [4.69, 9.17) is 4.74 Å². The molecule has 0 fully saturated rings. The van der Waals surface area contributed by atoms with Crippen molar-refractivity contribution in [3.8, 4) is 5.75 Å². The first-order valence-electron chi connectivity index (χ1n) is 6.68. The maximum Gasteiger partial charge on any atom is 0.416 e. The molecule has 6 heteroatoms. The lowest BCUT2D eigenvalue weighted by molar-refractivity contribution is -0.137. The molecule has 2 rings (SSSR count). The summed E-state index contributed by atoms with van der Waals surface area (Å²) in [7, 11) is 0. The molecule has 3 nitrogen and oxygen atoms in total. The predicted octanol–water partition coefficient (Wildman–Crippen LogP) is 4.55. The Balaban J connectivity index is 2.00. The summed E-state index contributed by atoms with van der Waals surface area (Å²) in [5, 5.41) is 3.93. The summed E-state index contributed by atoms with van der Waals surface area (Å²) < 4.78 is 43.0. The average Bonchev–Trinajstić information content (AvgIpc) is 2.49. The Kier molecular flexibility index (Phi) is 5.04. The van der Waals surface area contributed by atoms with Gasteiger partial charge in [0, 0.05) is 0 Å². The molecule has 0 aromatic heterocycles. The van der Waals surface area contributed by atoms with Gasteiger partial charge >= 0.3 is 6.18 Å². The highest BCUT2D eigenvalue weighted by Crippen LogP contribution is 2.30. The van der Waals surface area contributed by atoms with Gasteiger partial charge in [-0.1, -0.05) is 6.07 Å². The lowest BCUT2D eigenvalue weighted by atomic mass is 10.2. The Bertz CT molecular complexity index is 637. The van der Waals surface area contributed by atoms with Gasteiger partial charge in [0.2, 0.25) is 0 Å². The number of nitrogens with one attached hydrogen (secondary N) is 1. The van der Waals surface area contributed by atoms with E-state index in [2.05, 4.69) is 10.5 Å². The van der Waals surface area contributed by atoms with E-state index in [0.29, 0.717) is 6.61 Å². The van der Waals surface area contributed by atoms with Crippen molar-refractivity contribution in [3.63, 3.8) is 0 Å². The van der Waals surface area contributed by atoms with Gasteiger partial charge in [0.1, 0.15) is 5.75 Å². The van der Waals surface area contributed by atoms with Crippen molar-refractivity contribution in [1.29, 1.82) is 0 Å². The Hall–Kier alpha value is -2.50. The molecule has 0 unspecified atom stereocenters. The summed E-state index contributed by atoms with van der Waals surface area (Å²) in [6.45, 7) is 2.49. The number of alkyl halides is 3. The van der Waals surface area contributed by atoms with Gasteiger partial charge in [-0.05, 0) is 55.0 Å². The monoisotopic (exact) mass is 308 g/mol. The van der Waals surface area contributed by atoms with Crippen molar-refractivity contribution < 1.29 is 17.9 Å². The smallest absolute Gasteiger partial charge is 0.416 e. The topological polar surface area (TPSA) is 33.6 Å². The maximum atomic E-state index is 12.6. The molecule has 2 aromatic rings. The molecule has 1 N–H and O–H groups in total. The van der Waals surface area contributed by atoms with Crippen molar-refractivity contribution in [3.05, 3.63) is 59.7 Å². The van der Waals surface area contributed by atoms with Crippen LogP contribution in [0.3, 0.4) is 0 Å². The molecule has 2 aromatic carbocycles. The molecule has 22 heavy (non-hydrogen) atoms. The standard InChI is InChI=1S/C16H15F3N2O/c1-2-22-15-8-6-12(7-9-15)11-20-21-14-5-3-4-13(10-14)16(17,18)19/h3-11,21H,2H2,1H3. The van der Waals surface area contributed by atoms with Gasteiger partial charge in [-0.2, -0.15) is 18.3 Å². The molecule has 116 valence electrons. The van der Waals surface area contributed by atoms with E-state index in [1.54, 1.807) is 12.1 Å². The van der Waals surface area contributed by atoms with E-state index in [0.717, 1.165) is 23.4 Å². The first kappa shape index (κ1) is 15.9. The third kappa shape index (κ3) is 4.51. The summed E-state index contributed by atoms with van der Waals surface area (Å²) in [6.07, 6.45) is -2.84. The molecule has 0 aliphatic heterocycles. The zero-order chi connectivity index (χ0) is 16.0. The van der Waals surface area contributed by atoms with Crippen LogP contribution < -0.4 is 10.2 Å². The van der Waals surface area contributed by atoms with Gasteiger partial charge < -0.3 is 4.74 Å². The van der Waals surface area contributed by atoms with E-state index in [1.165, 1.54) is 18.3 Å². The highest BCUT2D eigenvalue weighted by molar-refractivity contribution is 5.80. The van der Waals surface area contributed by atoms with Crippen molar-refractivity contribution in [2.45, 2.75) is 13.1 Å². The van der Waals surface area contributed by atoms with Crippen LogP contribution in [0.1, 0.15) is 18.1 Å². The fraction of sp³-hybridized carbons (Fsp3) is 0.188. The van der Waals surface area contributed by atoms with Gasteiger partial charge in [-0.3, -0.25) is 5.43 Å². The molecule has 0 saturated carbocycles. The Morgan fingerprint density at radius 2 is 1.86 bits per heavy atom. The number of hydrogen-bond donors (Lipinski definition) is 1. The zero-order valence-electron chi connectivity index (χ0n) is 11.9. The van der Waals surface area contributed by atoms with Crippen LogP contribution in [0.25, 0.3) is 0 Å². The third-order valence-corrected chi connectivity index (χ3v) is 2.79. The second-order valence-electron chi connectivity index (χ2n) is 4.45. The van der Waals surface area contributed by atoms with Crippen molar-refractivity contribution in [2.75, 3.05) is 12.0 Å². The van der Waals surface area contributed by atoms with Crippen LogP contribution >= 0.6 is 0 Å². The second-order valence-corrected chi connectivity index (χ2v) is 4.45. The molecular formula is C16H15F3N2O. The quantitative estimate of drug-likeness (QED) is 0.649. The van der Waals surface area contributed by atoms with Crippen molar-refractivity contribution in [2.24, 2.45) is 5.10 Å². The maximum absolute atomic E-state index is 12.6. The fourth-order valence-corrected chi connectivity index (χ4v) is 1.76.